The summed E-state index contributed by atoms with van der Waals surface area (Å²) >= 11 is 0. The van der Waals surface area contributed by atoms with E-state index in [-0.39, 0.29) is 30.6 Å². The first-order valence-corrected chi connectivity index (χ1v) is 5.26. The number of rotatable bonds is 3. The number of ether oxygens (including phenoxy) is 1. The van der Waals surface area contributed by atoms with Crippen molar-refractivity contribution in [2.75, 3.05) is 6.61 Å². The minimum atomic E-state index is -1.18. The molecule has 2 unspecified atom stereocenters. The van der Waals surface area contributed by atoms with Gasteiger partial charge < -0.3 is 9.84 Å². The quantitative estimate of drug-likeness (QED) is 0.691. The highest BCUT2D eigenvalue weighted by Crippen LogP contribution is 2.16. The van der Waals surface area contributed by atoms with Crippen molar-refractivity contribution >= 4 is 5.78 Å². The number of hydrazine groups is 1. The molecule has 17 heavy (non-hydrogen) atoms. The molecule has 0 amide bonds. The molecule has 1 fully saturated rings. The smallest absolute Gasteiger partial charge is 0.179 e. The highest BCUT2D eigenvalue weighted by molar-refractivity contribution is 5.83. The number of aliphatic hydroxyl groups is 1. The molecule has 1 saturated heterocycles. The number of hydrogen-bond donors (Lipinski definition) is 3. The summed E-state index contributed by atoms with van der Waals surface area (Å²) in [4.78, 5) is 11.2. The molecular formula is C11H13FN2O3. The van der Waals surface area contributed by atoms with Crippen molar-refractivity contribution in [2.45, 2.75) is 18.7 Å². The summed E-state index contributed by atoms with van der Waals surface area (Å²) < 4.78 is 18.5. The van der Waals surface area contributed by atoms with Gasteiger partial charge in [0.1, 0.15) is 6.61 Å². The van der Waals surface area contributed by atoms with Gasteiger partial charge in [0, 0.05) is 6.42 Å². The fourth-order valence-corrected chi connectivity index (χ4v) is 1.54. The summed E-state index contributed by atoms with van der Waals surface area (Å²) in [6, 6.07) is 5.77. The molecule has 1 aliphatic heterocycles. The van der Waals surface area contributed by atoms with Crippen LogP contribution in [0.15, 0.2) is 24.3 Å². The molecule has 1 heterocycles. The number of nitrogens with one attached hydrogen (secondary N) is 2. The van der Waals surface area contributed by atoms with Crippen LogP contribution in [0.4, 0.5) is 4.39 Å². The summed E-state index contributed by atoms with van der Waals surface area (Å²) in [6.45, 7) is 0.145. The second-order valence-electron chi connectivity index (χ2n) is 3.80. The van der Waals surface area contributed by atoms with E-state index < -0.39 is 12.0 Å². The van der Waals surface area contributed by atoms with E-state index in [9.17, 15) is 9.18 Å². The van der Waals surface area contributed by atoms with Gasteiger partial charge >= 0.3 is 0 Å². The number of benzene rings is 1. The van der Waals surface area contributed by atoms with Crippen molar-refractivity contribution in [3.8, 4) is 5.75 Å². The lowest BCUT2D eigenvalue weighted by molar-refractivity contribution is -0.133. The summed E-state index contributed by atoms with van der Waals surface area (Å²) in [6.07, 6.45) is -1.04. The van der Waals surface area contributed by atoms with Crippen LogP contribution in [0, 0.1) is 5.82 Å². The molecule has 92 valence electrons. The van der Waals surface area contributed by atoms with Crippen molar-refractivity contribution in [2.24, 2.45) is 0 Å². The minimum absolute atomic E-state index is 0.141. The molecule has 1 aliphatic rings. The maximum absolute atomic E-state index is 13.2. The lowest BCUT2D eigenvalue weighted by Crippen LogP contribution is -2.58. The van der Waals surface area contributed by atoms with Crippen LogP contribution in [0.5, 0.6) is 5.75 Å². The number of para-hydroxylation sites is 1. The first kappa shape index (κ1) is 12.0. The van der Waals surface area contributed by atoms with Crippen LogP contribution < -0.4 is 15.6 Å². The molecule has 3 N–H and O–H groups in total. The third-order valence-electron chi connectivity index (χ3n) is 2.45. The molecule has 0 bridgehead atoms. The molecular weight excluding hydrogens is 227 g/mol. The topological polar surface area (TPSA) is 70.6 Å². The first-order chi connectivity index (χ1) is 8.16. The summed E-state index contributed by atoms with van der Waals surface area (Å²) in [5.74, 6) is -0.610. The highest BCUT2D eigenvalue weighted by Gasteiger charge is 2.26. The van der Waals surface area contributed by atoms with Gasteiger partial charge in [0.15, 0.2) is 23.6 Å². The Morgan fingerprint density at radius 1 is 1.41 bits per heavy atom. The molecule has 5 nitrogen and oxygen atoms in total. The van der Waals surface area contributed by atoms with E-state index in [0.717, 1.165) is 0 Å². The number of Topliss-reactive ketones (excluding diaryl/α,β-unsaturated/α-hetero) is 1. The maximum atomic E-state index is 13.2. The van der Waals surface area contributed by atoms with Crippen molar-refractivity contribution in [3.05, 3.63) is 30.1 Å². The third-order valence-corrected chi connectivity index (χ3v) is 2.45. The average molecular weight is 240 g/mol. The molecule has 6 heteroatoms. The Labute approximate surface area is 97.6 Å². The Hall–Kier alpha value is -1.50. The molecule has 0 spiro atoms. The van der Waals surface area contributed by atoms with Crippen molar-refractivity contribution in [1.82, 2.24) is 10.9 Å². The van der Waals surface area contributed by atoms with Gasteiger partial charge in [-0.1, -0.05) is 12.1 Å². The van der Waals surface area contributed by atoms with E-state index in [1.807, 2.05) is 0 Å². The Kier molecular flexibility index (Phi) is 3.68. The Morgan fingerprint density at radius 2 is 2.18 bits per heavy atom. The van der Waals surface area contributed by atoms with E-state index in [4.69, 9.17) is 9.84 Å². The van der Waals surface area contributed by atoms with E-state index in [1.54, 1.807) is 12.1 Å². The molecule has 2 atom stereocenters. The second kappa shape index (κ2) is 5.22. The maximum Gasteiger partial charge on any atom is 0.179 e. The number of carbonyl (C=O) groups is 1. The van der Waals surface area contributed by atoms with E-state index >= 15 is 0 Å². The first-order valence-electron chi connectivity index (χ1n) is 5.26. The lowest BCUT2D eigenvalue weighted by atomic mass is 10.1. The van der Waals surface area contributed by atoms with Crippen molar-refractivity contribution < 1.29 is 19.0 Å². The molecule has 0 aromatic heterocycles. The van der Waals surface area contributed by atoms with E-state index in [1.165, 1.54) is 12.1 Å². The van der Waals surface area contributed by atoms with Crippen LogP contribution in [0.1, 0.15) is 6.42 Å². The number of hydrogen-bond acceptors (Lipinski definition) is 5. The van der Waals surface area contributed by atoms with Crippen LogP contribution >= 0.6 is 0 Å². The summed E-state index contributed by atoms with van der Waals surface area (Å²) in [5.41, 5.74) is 5.14. The zero-order valence-electron chi connectivity index (χ0n) is 9.02. The standard InChI is InChI=1S/C11H13FN2O3/c12-8-3-1-2-4-10(8)17-6-7-5-9(15)11(16)14-13-7/h1-4,7,11,13-14,16H,5-6H2. The van der Waals surface area contributed by atoms with Gasteiger partial charge in [-0.3, -0.25) is 4.79 Å². The largest absolute Gasteiger partial charge is 0.489 e. The van der Waals surface area contributed by atoms with E-state index in [2.05, 4.69) is 10.9 Å². The van der Waals surface area contributed by atoms with Gasteiger partial charge in [0.25, 0.3) is 0 Å². The highest BCUT2D eigenvalue weighted by atomic mass is 19.1. The molecule has 0 saturated carbocycles. The lowest BCUT2D eigenvalue weighted by Gasteiger charge is -2.26. The zero-order chi connectivity index (χ0) is 12.3. The fraction of sp³-hybridized carbons (Fsp3) is 0.364. The second-order valence-corrected chi connectivity index (χ2v) is 3.80. The zero-order valence-corrected chi connectivity index (χ0v) is 9.02. The molecule has 2 rings (SSSR count). The molecule has 0 aliphatic carbocycles. The van der Waals surface area contributed by atoms with Crippen LogP contribution in [0.3, 0.4) is 0 Å². The van der Waals surface area contributed by atoms with Gasteiger partial charge in [-0.2, -0.15) is 0 Å². The summed E-state index contributed by atoms with van der Waals surface area (Å²) in [7, 11) is 0. The summed E-state index contributed by atoms with van der Waals surface area (Å²) in [5, 5.41) is 9.10. The molecule has 0 radical (unpaired) electrons. The Morgan fingerprint density at radius 3 is 2.88 bits per heavy atom. The Balaban J connectivity index is 1.87. The van der Waals surface area contributed by atoms with Crippen LogP contribution in [-0.4, -0.2) is 29.8 Å². The number of halogens is 1. The van der Waals surface area contributed by atoms with Gasteiger partial charge in [0.05, 0.1) is 6.04 Å². The monoisotopic (exact) mass is 240 g/mol. The predicted molar refractivity (Wildman–Crippen MR) is 57.6 cm³/mol. The fourth-order valence-electron chi connectivity index (χ4n) is 1.54. The normalized spacial score (nSPS) is 24.7. The minimum Gasteiger partial charge on any atom is -0.489 e. The SMILES string of the molecule is O=C1CC(COc2ccccc2F)NNC1O. The number of ketones is 1. The number of carbonyl (C=O) groups excluding carboxylic acids is 1. The van der Waals surface area contributed by atoms with Crippen LogP contribution in [-0.2, 0) is 4.79 Å². The predicted octanol–water partition coefficient (Wildman–Crippen LogP) is -0.0415. The average Bonchev–Trinajstić information content (AvgIpc) is 2.32. The Bertz CT molecular complexity index is 413. The van der Waals surface area contributed by atoms with E-state index in [0.29, 0.717) is 0 Å². The molecule has 1 aromatic rings. The van der Waals surface area contributed by atoms with Crippen molar-refractivity contribution in [3.63, 3.8) is 0 Å². The van der Waals surface area contributed by atoms with Gasteiger partial charge in [0.2, 0.25) is 0 Å². The third kappa shape index (κ3) is 3.00. The van der Waals surface area contributed by atoms with Gasteiger partial charge in [-0.05, 0) is 12.1 Å². The van der Waals surface area contributed by atoms with Crippen LogP contribution in [0.2, 0.25) is 0 Å². The van der Waals surface area contributed by atoms with Crippen LogP contribution in [0.25, 0.3) is 0 Å². The van der Waals surface area contributed by atoms with Gasteiger partial charge in [-0.15, -0.1) is 0 Å². The molecule has 1 aromatic carbocycles. The van der Waals surface area contributed by atoms with Crippen molar-refractivity contribution in [1.29, 1.82) is 0 Å². The number of aliphatic hydroxyl groups excluding tert-OH is 1. The van der Waals surface area contributed by atoms with Gasteiger partial charge in [-0.25, -0.2) is 15.2 Å².